The molecule has 0 fully saturated rings. The van der Waals surface area contributed by atoms with Crippen molar-refractivity contribution in [1.29, 1.82) is 0 Å². The number of aromatic amines is 1. The molecule has 0 bridgehead atoms. The molecular weight excluding hydrogens is 242 g/mol. The zero-order valence-corrected chi connectivity index (χ0v) is 11.7. The van der Waals surface area contributed by atoms with Crippen molar-refractivity contribution < 1.29 is 9.47 Å². The quantitative estimate of drug-likeness (QED) is 0.868. The third kappa shape index (κ3) is 2.99. The Morgan fingerprint density at radius 3 is 2.21 bits per heavy atom. The third-order valence-electron chi connectivity index (χ3n) is 3.01. The molecule has 19 heavy (non-hydrogen) atoms. The molecule has 0 aliphatic carbocycles. The van der Waals surface area contributed by atoms with E-state index in [4.69, 9.17) is 9.47 Å². The Kier molecular flexibility index (Phi) is 3.94. The van der Waals surface area contributed by atoms with Gasteiger partial charge in [0.1, 0.15) is 11.5 Å². The van der Waals surface area contributed by atoms with Gasteiger partial charge in [0, 0.05) is 12.6 Å². The first-order valence-electron chi connectivity index (χ1n) is 6.11. The van der Waals surface area contributed by atoms with E-state index in [2.05, 4.69) is 15.5 Å². The zero-order valence-electron chi connectivity index (χ0n) is 11.7. The van der Waals surface area contributed by atoms with Crippen LogP contribution in [0.1, 0.15) is 17.0 Å². The number of rotatable bonds is 5. The van der Waals surface area contributed by atoms with E-state index >= 15 is 0 Å². The predicted octanol–water partition coefficient (Wildman–Crippen LogP) is 2.66. The fourth-order valence-corrected chi connectivity index (χ4v) is 1.97. The van der Waals surface area contributed by atoms with E-state index in [0.717, 1.165) is 34.1 Å². The van der Waals surface area contributed by atoms with Crippen molar-refractivity contribution in [3.05, 3.63) is 35.2 Å². The van der Waals surface area contributed by atoms with Gasteiger partial charge in [-0.1, -0.05) is 0 Å². The lowest BCUT2D eigenvalue weighted by atomic mass is 10.2. The van der Waals surface area contributed by atoms with Crippen molar-refractivity contribution in [2.75, 3.05) is 19.5 Å². The van der Waals surface area contributed by atoms with Gasteiger partial charge in [-0.2, -0.15) is 5.10 Å². The van der Waals surface area contributed by atoms with E-state index in [-0.39, 0.29) is 0 Å². The van der Waals surface area contributed by atoms with Gasteiger partial charge in [-0.3, -0.25) is 5.10 Å². The smallest absolute Gasteiger partial charge is 0.122 e. The van der Waals surface area contributed by atoms with Crippen LogP contribution in [0.5, 0.6) is 11.5 Å². The highest BCUT2D eigenvalue weighted by molar-refractivity contribution is 5.52. The van der Waals surface area contributed by atoms with Gasteiger partial charge in [-0.25, -0.2) is 0 Å². The van der Waals surface area contributed by atoms with Gasteiger partial charge in [-0.15, -0.1) is 0 Å². The monoisotopic (exact) mass is 261 g/mol. The highest BCUT2D eigenvalue weighted by Crippen LogP contribution is 2.24. The molecule has 2 N–H and O–H groups in total. The van der Waals surface area contributed by atoms with Crippen LogP contribution in [0.15, 0.2) is 18.2 Å². The minimum Gasteiger partial charge on any atom is -0.497 e. The molecule has 0 unspecified atom stereocenters. The van der Waals surface area contributed by atoms with Crippen molar-refractivity contribution in [1.82, 2.24) is 10.2 Å². The maximum atomic E-state index is 5.26. The van der Waals surface area contributed by atoms with Gasteiger partial charge in [0.25, 0.3) is 0 Å². The molecule has 1 aromatic heterocycles. The summed E-state index contributed by atoms with van der Waals surface area (Å²) >= 11 is 0. The second-order valence-electron chi connectivity index (χ2n) is 4.38. The molecule has 0 amide bonds. The number of aromatic nitrogens is 2. The first-order chi connectivity index (χ1) is 9.13. The number of benzene rings is 1. The maximum Gasteiger partial charge on any atom is 0.122 e. The Bertz CT molecular complexity index is 522. The number of hydrogen-bond acceptors (Lipinski definition) is 4. The number of nitrogens with zero attached hydrogens (tertiary/aromatic N) is 1. The Morgan fingerprint density at radius 1 is 1.11 bits per heavy atom. The van der Waals surface area contributed by atoms with Crippen molar-refractivity contribution in [2.45, 2.75) is 20.4 Å². The summed E-state index contributed by atoms with van der Waals surface area (Å²) in [7, 11) is 3.30. The maximum absolute atomic E-state index is 5.26. The minimum atomic E-state index is 0.689. The molecular formula is C14H19N3O2. The number of hydrogen-bond donors (Lipinski definition) is 2. The van der Waals surface area contributed by atoms with Crippen LogP contribution in [0, 0.1) is 13.8 Å². The van der Waals surface area contributed by atoms with Gasteiger partial charge >= 0.3 is 0 Å². The molecule has 0 radical (unpaired) electrons. The molecule has 0 saturated heterocycles. The van der Waals surface area contributed by atoms with E-state index in [1.807, 2.05) is 32.0 Å². The Balaban J connectivity index is 2.15. The molecule has 0 spiro atoms. The van der Waals surface area contributed by atoms with Crippen LogP contribution in [-0.2, 0) is 6.54 Å². The molecule has 2 aromatic rings. The molecule has 5 heteroatoms. The molecule has 0 atom stereocenters. The van der Waals surface area contributed by atoms with Crippen LogP contribution in [0.2, 0.25) is 0 Å². The van der Waals surface area contributed by atoms with Gasteiger partial charge in [0.2, 0.25) is 0 Å². The molecule has 1 heterocycles. The van der Waals surface area contributed by atoms with Crippen LogP contribution in [0.3, 0.4) is 0 Å². The molecule has 2 rings (SSSR count). The normalized spacial score (nSPS) is 10.3. The molecule has 0 aliphatic heterocycles. The van der Waals surface area contributed by atoms with Crippen LogP contribution in [0.4, 0.5) is 5.69 Å². The van der Waals surface area contributed by atoms with E-state index in [1.54, 1.807) is 14.2 Å². The molecule has 102 valence electrons. The van der Waals surface area contributed by atoms with Crippen LogP contribution >= 0.6 is 0 Å². The summed E-state index contributed by atoms with van der Waals surface area (Å²) in [6.45, 7) is 4.65. The first-order valence-corrected chi connectivity index (χ1v) is 6.11. The van der Waals surface area contributed by atoms with Crippen molar-refractivity contribution in [3.8, 4) is 11.5 Å². The van der Waals surface area contributed by atoms with E-state index in [9.17, 15) is 0 Å². The van der Waals surface area contributed by atoms with Crippen molar-refractivity contribution in [2.24, 2.45) is 0 Å². The molecule has 5 nitrogen and oxygen atoms in total. The third-order valence-corrected chi connectivity index (χ3v) is 3.01. The summed E-state index contributed by atoms with van der Waals surface area (Å²) < 4.78 is 10.5. The van der Waals surface area contributed by atoms with Gasteiger partial charge in [-0.05, 0) is 31.5 Å². The lowest BCUT2D eigenvalue weighted by Gasteiger charge is -2.10. The van der Waals surface area contributed by atoms with Gasteiger partial charge < -0.3 is 14.8 Å². The summed E-state index contributed by atoms with van der Waals surface area (Å²) in [4.78, 5) is 0. The summed E-state index contributed by atoms with van der Waals surface area (Å²) in [6.07, 6.45) is 0. The lowest BCUT2D eigenvalue weighted by molar-refractivity contribution is 0.393. The minimum absolute atomic E-state index is 0.689. The molecule has 0 aliphatic rings. The highest BCUT2D eigenvalue weighted by Gasteiger charge is 2.07. The number of H-pyrrole nitrogens is 1. The largest absolute Gasteiger partial charge is 0.497 e. The second-order valence-corrected chi connectivity index (χ2v) is 4.38. The van der Waals surface area contributed by atoms with Crippen molar-refractivity contribution >= 4 is 5.69 Å². The molecule has 0 saturated carbocycles. The van der Waals surface area contributed by atoms with Crippen LogP contribution in [-0.4, -0.2) is 24.4 Å². The number of methoxy groups -OCH3 is 2. The lowest BCUT2D eigenvalue weighted by Crippen LogP contribution is -2.02. The zero-order chi connectivity index (χ0) is 13.8. The number of anilines is 1. The number of ether oxygens (including phenoxy) is 2. The number of nitrogens with one attached hydrogen (secondary N) is 2. The average molecular weight is 261 g/mol. The van der Waals surface area contributed by atoms with Gasteiger partial charge in [0.05, 0.1) is 31.3 Å². The fourth-order valence-electron chi connectivity index (χ4n) is 1.97. The van der Waals surface area contributed by atoms with Crippen molar-refractivity contribution in [3.63, 3.8) is 0 Å². The predicted molar refractivity (Wildman–Crippen MR) is 74.9 cm³/mol. The van der Waals surface area contributed by atoms with E-state index in [1.165, 1.54) is 0 Å². The fraction of sp³-hybridized carbons (Fsp3) is 0.357. The highest BCUT2D eigenvalue weighted by atomic mass is 16.5. The summed E-state index contributed by atoms with van der Waals surface area (Å²) in [5.74, 6) is 1.58. The van der Waals surface area contributed by atoms with Crippen LogP contribution < -0.4 is 14.8 Å². The summed E-state index contributed by atoms with van der Waals surface area (Å²) in [5, 5.41) is 10.5. The summed E-state index contributed by atoms with van der Waals surface area (Å²) in [5.41, 5.74) is 4.14. The van der Waals surface area contributed by atoms with Gasteiger partial charge in [0.15, 0.2) is 0 Å². The topological polar surface area (TPSA) is 59.2 Å². The average Bonchev–Trinajstić information content (AvgIpc) is 2.75. The van der Waals surface area contributed by atoms with E-state index < -0.39 is 0 Å². The Labute approximate surface area is 112 Å². The molecule has 1 aromatic carbocycles. The first kappa shape index (κ1) is 13.3. The number of aryl methyl sites for hydroxylation is 2. The summed E-state index contributed by atoms with van der Waals surface area (Å²) in [6, 6.07) is 5.83. The Hall–Kier alpha value is -2.17. The van der Waals surface area contributed by atoms with Crippen LogP contribution in [0.25, 0.3) is 0 Å². The Morgan fingerprint density at radius 2 is 1.74 bits per heavy atom. The SMILES string of the molecule is COc1cc(CNc2c(C)n[nH]c2C)cc(OC)c1. The standard InChI is InChI=1S/C14H19N3O2/c1-9-14(10(2)17-16-9)15-8-11-5-12(18-3)7-13(6-11)19-4/h5-7,15H,8H2,1-4H3,(H,16,17). The second kappa shape index (κ2) is 5.65. The van der Waals surface area contributed by atoms with E-state index in [0.29, 0.717) is 6.54 Å².